The van der Waals surface area contributed by atoms with Gasteiger partial charge in [0.2, 0.25) is 0 Å². The van der Waals surface area contributed by atoms with Crippen LogP contribution in [0.3, 0.4) is 0 Å². The molecule has 3 rings (SSSR count). The van der Waals surface area contributed by atoms with Crippen LogP contribution in [0, 0.1) is 0 Å². The minimum absolute atomic E-state index is 0.0210. The smallest absolute Gasteiger partial charge is 0.377 e. The van der Waals surface area contributed by atoms with E-state index in [1.165, 1.54) is 10.7 Å². The van der Waals surface area contributed by atoms with Crippen LogP contribution in [-0.2, 0) is 26.3 Å². The summed E-state index contributed by atoms with van der Waals surface area (Å²) in [5, 5.41) is 4.24. The second-order valence-corrected chi connectivity index (χ2v) is 16.8. The Morgan fingerprint density at radius 1 is 1.33 bits per heavy atom. The van der Waals surface area contributed by atoms with Gasteiger partial charge in [-0.15, -0.1) is 0 Å². The molecular weight excluding hydrogens is 549 g/mol. The number of ether oxygens (including phenoxy) is 2. The van der Waals surface area contributed by atoms with Crippen molar-refractivity contribution in [3.05, 3.63) is 10.7 Å². The maximum absolute atomic E-state index is 13.1. The Morgan fingerprint density at radius 3 is 2.64 bits per heavy atom. The van der Waals surface area contributed by atoms with Crippen molar-refractivity contribution in [3.63, 3.8) is 0 Å². The zero-order valence-electron chi connectivity index (χ0n) is 18.6. The van der Waals surface area contributed by atoms with E-state index in [0.29, 0.717) is 26.4 Å². The highest BCUT2D eigenvalue weighted by molar-refractivity contribution is 9.10. The van der Waals surface area contributed by atoms with Crippen LogP contribution in [0.2, 0.25) is 25.7 Å². The Kier molecular flexibility index (Phi) is 7.68. The summed E-state index contributed by atoms with van der Waals surface area (Å²) in [6.45, 7) is 9.95. The molecule has 1 atom stereocenters. The first kappa shape index (κ1) is 26.2. The molecule has 0 N–H and O–H groups in total. The van der Waals surface area contributed by atoms with Crippen molar-refractivity contribution in [2.45, 2.75) is 50.9 Å². The van der Waals surface area contributed by atoms with E-state index in [-0.39, 0.29) is 34.2 Å². The molecule has 15 heteroatoms. The molecule has 0 saturated carbocycles. The summed E-state index contributed by atoms with van der Waals surface area (Å²) in [5.41, 5.74) is -5.45. The molecule has 2 aromatic heterocycles. The third-order valence-electron chi connectivity index (χ3n) is 4.96. The number of halogens is 4. The number of hydrogen-bond donors (Lipinski definition) is 0. The minimum atomic E-state index is -5.92. The second-order valence-electron chi connectivity index (χ2n) is 8.91. The molecule has 1 aliphatic heterocycles. The molecule has 1 aliphatic rings. The highest BCUT2D eigenvalue weighted by Gasteiger charge is 2.49. The molecule has 2 aromatic rings. The van der Waals surface area contributed by atoms with Crippen LogP contribution in [0.5, 0.6) is 5.75 Å². The molecular formula is C18H26BrF3N4O5SSi. The molecule has 0 unspecified atom stereocenters. The van der Waals surface area contributed by atoms with Gasteiger partial charge < -0.3 is 18.6 Å². The average molecular weight is 575 g/mol. The summed E-state index contributed by atoms with van der Waals surface area (Å²) < 4.78 is 80.1. The molecule has 0 bridgehead atoms. The third-order valence-corrected chi connectivity index (χ3v) is 8.17. The Hall–Kier alpha value is -1.42. The standard InChI is InChI=1S/C18H26BrF3N4O5SSi/c1-12-10-29-6-5-25(12)14-9-13(31-32(27,28)18(20,21)22)16-15(23-14)17(19)24-26(16)11-30-7-8-33(2,3)4/h9,12H,5-8,10-11H2,1-4H3/t12-/m1/s1. The number of rotatable bonds is 8. The fraction of sp³-hybridized carbons (Fsp3) is 0.667. The minimum Gasteiger partial charge on any atom is -0.377 e. The van der Waals surface area contributed by atoms with Gasteiger partial charge in [-0.05, 0) is 28.9 Å². The van der Waals surface area contributed by atoms with Crippen LogP contribution in [0.25, 0.3) is 11.0 Å². The van der Waals surface area contributed by atoms with E-state index in [2.05, 4.69) is 49.8 Å². The van der Waals surface area contributed by atoms with Gasteiger partial charge in [-0.2, -0.15) is 26.7 Å². The first-order valence-corrected chi connectivity index (χ1v) is 16.1. The number of alkyl halides is 3. The molecule has 33 heavy (non-hydrogen) atoms. The van der Waals surface area contributed by atoms with Gasteiger partial charge in [-0.3, -0.25) is 0 Å². The monoisotopic (exact) mass is 574 g/mol. The number of aromatic nitrogens is 3. The van der Waals surface area contributed by atoms with Gasteiger partial charge in [0.15, 0.2) is 10.4 Å². The predicted molar refractivity (Wildman–Crippen MR) is 123 cm³/mol. The fourth-order valence-corrected chi connectivity index (χ4v) is 4.85. The molecule has 1 saturated heterocycles. The SMILES string of the molecule is C[C@@H]1COCCN1c1cc(OS(=O)(=O)C(F)(F)F)c2c(n1)c(Br)nn2COCC[Si](C)(C)C. The Balaban J connectivity index is 2.05. The maximum atomic E-state index is 13.1. The Morgan fingerprint density at radius 2 is 2.03 bits per heavy atom. The number of morpholine rings is 1. The Bertz CT molecular complexity index is 1110. The molecule has 0 spiro atoms. The quantitative estimate of drug-likeness (QED) is 0.202. The molecule has 0 radical (unpaired) electrons. The van der Waals surface area contributed by atoms with Crippen molar-refractivity contribution >= 4 is 51.0 Å². The summed E-state index contributed by atoms with van der Waals surface area (Å²) in [7, 11) is -7.28. The van der Waals surface area contributed by atoms with E-state index >= 15 is 0 Å². The van der Waals surface area contributed by atoms with Crippen LogP contribution >= 0.6 is 15.9 Å². The predicted octanol–water partition coefficient (Wildman–Crippen LogP) is 3.96. The molecule has 186 valence electrons. The van der Waals surface area contributed by atoms with Crippen molar-refractivity contribution in [1.29, 1.82) is 0 Å². The van der Waals surface area contributed by atoms with E-state index in [0.717, 1.165) is 6.04 Å². The molecule has 0 aromatic carbocycles. The number of nitrogens with zero attached hydrogens (tertiary/aromatic N) is 4. The summed E-state index contributed by atoms with van der Waals surface area (Å²) >= 11 is 3.27. The number of fused-ring (bicyclic) bond motifs is 1. The number of hydrogen-bond acceptors (Lipinski definition) is 8. The van der Waals surface area contributed by atoms with Crippen molar-refractivity contribution < 1.29 is 35.2 Å². The molecule has 1 fully saturated rings. The lowest BCUT2D eigenvalue weighted by atomic mass is 10.2. The van der Waals surface area contributed by atoms with Gasteiger partial charge >= 0.3 is 15.6 Å². The van der Waals surface area contributed by atoms with E-state index in [9.17, 15) is 21.6 Å². The average Bonchev–Trinajstić information content (AvgIpc) is 3.00. The zero-order valence-corrected chi connectivity index (χ0v) is 22.1. The summed E-state index contributed by atoms with van der Waals surface area (Å²) in [6.07, 6.45) is 0. The van der Waals surface area contributed by atoms with E-state index in [1.54, 1.807) is 0 Å². The summed E-state index contributed by atoms with van der Waals surface area (Å²) in [5.74, 6) is -0.274. The van der Waals surface area contributed by atoms with Crippen molar-refractivity contribution in [2.75, 3.05) is 31.3 Å². The van der Waals surface area contributed by atoms with Gasteiger partial charge in [0.1, 0.15) is 23.6 Å². The van der Waals surface area contributed by atoms with Gasteiger partial charge in [-0.1, -0.05) is 19.6 Å². The maximum Gasteiger partial charge on any atom is 0.534 e. The molecule has 0 aliphatic carbocycles. The zero-order chi connectivity index (χ0) is 24.6. The van der Waals surface area contributed by atoms with E-state index in [1.807, 2.05) is 11.8 Å². The summed E-state index contributed by atoms with van der Waals surface area (Å²) in [4.78, 5) is 6.34. The third kappa shape index (κ3) is 6.18. The topological polar surface area (TPSA) is 95.8 Å². The van der Waals surface area contributed by atoms with Crippen LogP contribution in [0.1, 0.15) is 6.92 Å². The largest absolute Gasteiger partial charge is 0.534 e. The van der Waals surface area contributed by atoms with Crippen molar-refractivity contribution in [2.24, 2.45) is 0 Å². The molecule has 9 nitrogen and oxygen atoms in total. The van der Waals surface area contributed by atoms with Gasteiger partial charge in [0.25, 0.3) is 0 Å². The first-order valence-electron chi connectivity index (χ1n) is 10.2. The number of anilines is 1. The van der Waals surface area contributed by atoms with Gasteiger partial charge in [0.05, 0.1) is 19.3 Å². The first-order chi connectivity index (χ1) is 15.2. The van der Waals surface area contributed by atoms with Gasteiger partial charge in [0, 0.05) is 27.3 Å². The lowest BCUT2D eigenvalue weighted by Crippen LogP contribution is -2.44. The van der Waals surface area contributed by atoms with Crippen molar-refractivity contribution in [3.8, 4) is 5.75 Å². The number of pyridine rings is 1. The highest BCUT2D eigenvalue weighted by Crippen LogP contribution is 2.37. The second kappa shape index (κ2) is 9.68. The normalized spacial score (nSPS) is 18.2. The van der Waals surface area contributed by atoms with Crippen LogP contribution in [-0.4, -0.2) is 69.2 Å². The fourth-order valence-electron chi connectivity index (χ4n) is 3.17. The summed E-state index contributed by atoms with van der Waals surface area (Å²) in [6, 6.07) is 1.92. The van der Waals surface area contributed by atoms with E-state index in [4.69, 9.17) is 9.47 Å². The lowest BCUT2D eigenvalue weighted by Gasteiger charge is -2.34. The van der Waals surface area contributed by atoms with Gasteiger partial charge in [-0.25, -0.2) is 9.67 Å². The van der Waals surface area contributed by atoms with Crippen LogP contribution < -0.4 is 9.08 Å². The lowest BCUT2D eigenvalue weighted by molar-refractivity contribution is -0.0499. The Labute approximate surface area is 199 Å². The highest BCUT2D eigenvalue weighted by atomic mass is 79.9. The van der Waals surface area contributed by atoms with Crippen LogP contribution in [0.4, 0.5) is 19.0 Å². The molecule has 3 heterocycles. The molecule has 0 amide bonds. The van der Waals surface area contributed by atoms with E-state index < -0.39 is 29.4 Å². The van der Waals surface area contributed by atoms with Crippen LogP contribution in [0.15, 0.2) is 10.7 Å². The van der Waals surface area contributed by atoms with Crippen molar-refractivity contribution in [1.82, 2.24) is 14.8 Å².